The van der Waals surface area contributed by atoms with Gasteiger partial charge in [0.15, 0.2) is 0 Å². The fourth-order valence-electron chi connectivity index (χ4n) is 3.29. The minimum atomic E-state index is -0.523. The monoisotopic (exact) mass is 461 g/mol. The maximum absolute atomic E-state index is 10.6. The zero-order valence-electron chi connectivity index (χ0n) is 13.7. The Morgan fingerprint density at radius 1 is 0.960 bits per heavy atom. The summed E-state index contributed by atoms with van der Waals surface area (Å²) in [5, 5.41) is 17.3. The summed E-state index contributed by atoms with van der Waals surface area (Å²) in [6, 6.07) is 14.5. The lowest BCUT2D eigenvalue weighted by Crippen LogP contribution is -2.22. The largest absolute Gasteiger partial charge is 0.389 e. The Balaban J connectivity index is 1.77. The second kappa shape index (κ2) is 6.59. The highest BCUT2D eigenvalue weighted by Crippen LogP contribution is 2.33. The van der Waals surface area contributed by atoms with Gasteiger partial charge in [-0.3, -0.25) is 4.68 Å². The molecule has 0 radical (unpaired) electrons. The van der Waals surface area contributed by atoms with Gasteiger partial charge in [-0.2, -0.15) is 5.10 Å². The number of halogens is 2. The molecule has 2 aromatic heterocycles. The Kier molecular flexibility index (Phi) is 4.43. The third kappa shape index (κ3) is 3.26. The van der Waals surface area contributed by atoms with Gasteiger partial charge in [0, 0.05) is 36.9 Å². The second-order valence-corrected chi connectivity index (χ2v) is 8.10. The van der Waals surface area contributed by atoms with Crippen LogP contribution in [0.25, 0.3) is 21.8 Å². The molecule has 0 aliphatic heterocycles. The van der Waals surface area contributed by atoms with Crippen LogP contribution >= 0.6 is 31.9 Å². The van der Waals surface area contributed by atoms with Crippen LogP contribution in [0.5, 0.6) is 0 Å². The van der Waals surface area contributed by atoms with Crippen LogP contribution in [-0.2, 0) is 13.1 Å². The van der Waals surface area contributed by atoms with Crippen molar-refractivity contribution in [2.75, 3.05) is 0 Å². The predicted molar refractivity (Wildman–Crippen MR) is 108 cm³/mol. The molecule has 0 aliphatic rings. The second-order valence-electron chi connectivity index (χ2n) is 6.27. The standard InChI is InChI=1S/C19H17Br2N3O/c1-12-6-7-23(22-12)10-15(25)11-24-18-4-2-13(20)8-16(18)17-9-14(21)3-5-19(17)24/h2-9,15,25H,10-11H2,1H3. The summed E-state index contributed by atoms with van der Waals surface area (Å²) < 4.78 is 6.07. The van der Waals surface area contributed by atoms with E-state index >= 15 is 0 Å². The first-order chi connectivity index (χ1) is 12.0. The number of aromatic nitrogens is 3. The molecule has 6 heteroatoms. The number of hydrogen-bond donors (Lipinski definition) is 1. The first-order valence-electron chi connectivity index (χ1n) is 8.06. The molecule has 1 unspecified atom stereocenters. The smallest absolute Gasteiger partial charge is 0.0914 e. The lowest BCUT2D eigenvalue weighted by atomic mass is 10.2. The molecule has 128 valence electrons. The molecule has 0 saturated heterocycles. The quantitative estimate of drug-likeness (QED) is 0.469. The first kappa shape index (κ1) is 16.8. The van der Waals surface area contributed by atoms with Gasteiger partial charge in [-0.15, -0.1) is 0 Å². The average molecular weight is 463 g/mol. The molecule has 4 nitrogen and oxygen atoms in total. The van der Waals surface area contributed by atoms with E-state index in [2.05, 4.69) is 65.8 Å². The van der Waals surface area contributed by atoms with Crippen LogP contribution in [0, 0.1) is 6.92 Å². The number of aliphatic hydroxyl groups excluding tert-OH is 1. The van der Waals surface area contributed by atoms with Gasteiger partial charge < -0.3 is 9.67 Å². The SMILES string of the molecule is Cc1ccn(CC(O)Cn2c3ccc(Br)cc3c3cc(Br)ccc32)n1. The minimum absolute atomic E-state index is 0.474. The summed E-state index contributed by atoms with van der Waals surface area (Å²) in [5.41, 5.74) is 3.19. The van der Waals surface area contributed by atoms with Gasteiger partial charge in [0.05, 0.1) is 24.9 Å². The van der Waals surface area contributed by atoms with Gasteiger partial charge >= 0.3 is 0 Å². The number of benzene rings is 2. The van der Waals surface area contributed by atoms with Crippen molar-refractivity contribution in [3.8, 4) is 0 Å². The van der Waals surface area contributed by atoms with E-state index in [4.69, 9.17) is 0 Å². The Morgan fingerprint density at radius 3 is 2.08 bits per heavy atom. The third-order valence-corrected chi connectivity index (χ3v) is 5.34. The van der Waals surface area contributed by atoms with Gasteiger partial charge in [0.2, 0.25) is 0 Å². The molecule has 0 fully saturated rings. The van der Waals surface area contributed by atoms with Crippen LogP contribution < -0.4 is 0 Å². The molecular formula is C19H17Br2N3O. The van der Waals surface area contributed by atoms with Crippen LogP contribution in [0.2, 0.25) is 0 Å². The van der Waals surface area contributed by atoms with Crippen molar-refractivity contribution in [1.29, 1.82) is 0 Å². The van der Waals surface area contributed by atoms with E-state index in [0.717, 1.165) is 25.7 Å². The zero-order chi connectivity index (χ0) is 17.6. The molecule has 0 saturated carbocycles. The van der Waals surface area contributed by atoms with E-state index in [1.165, 1.54) is 10.8 Å². The molecule has 25 heavy (non-hydrogen) atoms. The van der Waals surface area contributed by atoms with E-state index in [9.17, 15) is 5.11 Å². The highest BCUT2D eigenvalue weighted by Gasteiger charge is 2.15. The molecule has 0 spiro atoms. The maximum Gasteiger partial charge on any atom is 0.0914 e. The Labute approximate surface area is 162 Å². The van der Waals surface area contributed by atoms with E-state index in [-0.39, 0.29) is 0 Å². The topological polar surface area (TPSA) is 43.0 Å². The number of aryl methyl sites for hydroxylation is 1. The average Bonchev–Trinajstić information content (AvgIpc) is 3.09. The van der Waals surface area contributed by atoms with Crippen LogP contribution in [0.4, 0.5) is 0 Å². The molecule has 1 atom stereocenters. The molecule has 0 bridgehead atoms. The minimum Gasteiger partial charge on any atom is -0.389 e. The summed E-state index contributed by atoms with van der Waals surface area (Å²) in [5.74, 6) is 0. The molecule has 1 N–H and O–H groups in total. The lowest BCUT2D eigenvalue weighted by molar-refractivity contribution is 0.132. The fraction of sp³-hybridized carbons (Fsp3) is 0.211. The van der Waals surface area contributed by atoms with Crippen molar-refractivity contribution in [3.63, 3.8) is 0 Å². The fourth-order valence-corrected chi connectivity index (χ4v) is 4.02. The number of rotatable bonds is 4. The first-order valence-corrected chi connectivity index (χ1v) is 9.65. The van der Waals surface area contributed by atoms with Crippen molar-refractivity contribution in [2.45, 2.75) is 26.1 Å². The Bertz CT molecular complexity index is 1010. The van der Waals surface area contributed by atoms with E-state index in [1.54, 1.807) is 4.68 Å². The van der Waals surface area contributed by atoms with E-state index < -0.39 is 6.10 Å². The number of nitrogens with zero attached hydrogens (tertiary/aromatic N) is 3. The van der Waals surface area contributed by atoms with Gasteiger partial charge in [0.1, 0.15) is 0 Å². The highest BCUT2D eigenvalue weighted by atomic mass is 79.9. The van der Waals surface area contributed by atoms with Gasteiger partial charge in [-0.05, 0) is 49.4 Å². The molecular weight excluding hydrogens is 446 g/mol. The van der Waals surface area contributed by atoms with E-state index in [1.807, 2.05) is 31.3 Å². The van der Waals surface area contributed by atoms with Crippen LogP contribution in [0.3, 0.4) is 0 Å². The Morgan fingerprint density at radius 2 is 1.56 bits per heavy atom. The van der Waals surface area contributed by atoms with E-state index in [0.29, 0.717) is 13.1 Å². The summed E-state index contributed by atoms with van der Waals surface area (Å²) in [6.45, 7) is 2.94. The molecule has 2 aromatic carbocycles. The highest BCUT2D eigenvalue weighted by molar-refractivity contribution is 9.10. The summed E-state index contributed by atoms with van der Waals surface area (Å²) in [6.07, 6.45) is 1.38. The number of fused-ring (bicyclic) bond motifs is 3. The predicted octanol–water partition coefficient (Wildman–Crippen LogP) is 4.89. The van der Waals surface area contributed by atoms with Gasteiger partial charge in [0.25, 0.3) is 0 Å². The summed E-state index contributed by atoms with van der Waals surface area (Å²) >= 11 is 7.12. The van der Waals surface area contributed by atoms with Crippen molar-refractivity contribution in [3.05, 3.63) is 63.3 Å². The van der Waals surface area contributed by atoms with Crippen LogP contribution in [0.15, 0.2) is 57.6 Å². The maximum atomic E-state index is 10.6. The normalized spacial score (nSPS) is 13.0. The molecule has 2 heterocycles. The number of hydrogen-bond acceptors (Lipinski definition) is 2. The lowest BCUT2D eigenvalue weighted by Gasteiger charge is -2.14. The van der Waals surface area contributed by atoms with Crippen molar-refractivity contribution >= 4 is 53.7 Å². The zero-order valence-corrected chi connectivity index (χ0v) is 16.8. The van der Waals surface area contributed by atoms with Gasteiger partial charge in [-0.1, -0.05) is 31.9 Å². The van der Waals surface area contributed by atoms with Crippen LogP contribution in [0.1, 0.15) is 5.69 Å². The van der Waals surface area contributed by atoms with Crippen molar-refractivity contribution in [1.82, 2.24) is 14.3 Å². The summed E-state index contributed by atoms with van der Waals surface area (Å²) in [4.78, 5) is 0. The molecule has 4 aromatic rings. The van der Waals surface area contributed by atoms with Crippen molar-refractivity contribution < 1.29 is 5.11 Å². The number of aliphatic hydroxyl groups is 1. The summed E-state index contributed by atoms with van der Waals surface area (Å²) in [7, 11) is 0. The van der Waals surface area contributed by atoms with Crippen LogP contribution in [-0.4, -0.2) is 25.6 Å². The third-order valence-electron chi connectivity index (χ3n) is 4.35. The van der Waals surface area contributed by atoms with Crippen molar-refractivity contribution in [2.24, 2.45) is 0 Å². The molecule has 0 aliphatic carbocycles. The molecule has 0 amide bonds. The molecule has 4 rings (SSSR count). The van der Waals surface area contributed by atoms with Gasteiger partial charge in [-0.25, -0.2) is 0 Å². The Hall–Kier alpha value is -1.63.